The molecular weight excluding hydrogens is 226 g/mol. The lowest BCUT2D eigenvalue weighted by atomic mass is 9.82. The first-order valence-electron chi connectivity index (χ1n) is 5.31. The molecule has 16 heavy (non-hydrogen) atoms. The molecule has 3 rings (SSSR count). The maximum absolute atomic E-state index is 11.5. The lowest BCUT2D eigenvalue weighted by Crippen LogP contribution is -2.33. The minimum absolute atomic E-state index is 0.627. The minimum Gasteiger partial charge on any atom is -0.481 e. The van der Waals surface area contributed by atoms with Crippen molar-refractivity contribution in [2.75, 3.05) is 0 Å². The third kappa shape index (κ3) is 1.15. The van der Waals surface area contributed by atoms with E-state index in [1.165, 1.54) is 11.5 Å². The van der Waals surface area contributed by atoms with Crippen LogP contribution in [0.3, 0.4) is 0 Å². The second kappa shape index (κ2) is 3.31. The first kappa shape index (κ1) is 9.84. The number of carbonyl (C=O) groups is 1. The van der Waals surface area contributed by atoms with E-state index in [-0.39, 0.29) is 0 Å². The molecule has 0 aromatic carbocycles. The highest BCUT2D eigenvalue weighted by atomic mass is 32.1. The van der Waals surface area contributed by atoms with Crippen LogP contribution >= 0.6 is 11.5 Å². The first-order valence-corrected chi connectivity index (χ1v) is 6.08. The van der Waals surface area contributed by atoms with E-state index in [1.807, 2.05) is 6.07 Å². The zero-order valence-corrected chi connectivity index (χ0v) is 9.42. The maximum Gasteiger partial charge on any atom is 0.315 e. The van der Waals surface area contributed by atoms with E-state index in [1.54, 1.807) is 6.26 Å². The fourth-order valence-corrected chi connectivity index (χ4v) is 3.30. The van der Waals surface area contributed by atoms with Gasteiger partial charge in [0.25, 0.3) is 0 Å². The number of furan rings is 1. The van der Waals surface area contributed by atoms with Gasteiger partial charge in [-0.3, -0.25) is 4.79 Å². The standard InChI is InChI=1S/C11H11NO3S/c13-10(14)11(4-1-2-5-11)9-8-7(16-12-9)3-6-15-8/h3,6H,1-2,4-5H2,(H,13,14). The maximum atomic E-state index is 11.5. The fourth-order valence-electron chi connectivity index (χ4n) is 2.51. The number of nitrogens with zero attached hydrogens (tertiary/aromatic N) is 1. The number of fused-ring (bicyclic) bond motifs is 1. The topological polar surface area (TPSA) is 63.3 Å². The summed E-state index contributed by atoms with van der Waals surface area (Å²) in [6.45, 7) is 0. The molecule has 0 atom stereocenters. The Hall–Kier alpha value is -1.36. The Morgan fingerprint density at radius 3 is 2.94 bits per heavy atom. The molecule has 4 nitrogen and oxygen atoms in total. The largest absolute Gasteiger partial charge is 0.481 e. The van der Waals surface area contributed by atoms with Gasteiger partial charge in [0, 0.05) is 0 Å². The van der Waals surface area contributed by atoms with Crippen molar-refractivity contribution in [2.45, 2.75) is 31.1 Å². The molecule has 0 bridgehead atoms. The van der Waals surface area contributed by atoms with Crippen LogP contribution in [-0.2, 0) is 10.2 Å². The quantitative estimate of drug-likeness (QED) is 0.872. The van der Waals surface area contributed by atoms with Crippen molar-refractivity contribution >= 4 is 27.8 Å². The average molecular weight is 237 g/mol. The third-order valence-corrected chi connectivity index (χ3v) is 4.19. The summed E-state index contributed by atoms with van der Waals surface area (Å²) in [5, 5.41) is 9.46. The van der Waals surface area contributed by atoms with Crippen LogP contribution in [0.2, 0.25) is 0 Å². The molecule has 0 unspecified atom stereocenters. The lowest BCUT2D eigenvalue weighted by Gasteiger charge is -2.20. The van der Waals surface area contributed by atoms with E-state index in [2.05, 4.69) is 4.37 Å². The van der Waals surface area contributed by atoms with Crippen LogP contribution in [0.15, 0.2) is 16.7 Å². The van der Waals surface area contributed by atoms with Crippen LogP contribution < -0.4 is 0 Å². The summed E-state index contributed by atoms with van der Waals surface area (Å²) in [6, 6.07) is 1.83. The Morgan fingerprint density at radius 1 is 1.50 bits per heavy atom. The highest BCUT2D eigenvalue weighted by Crippen LogP contribution is 2.44. The number of carboxylic acid groups (broad SMARTS) is 1. The van der Waals surface area contributed by atoms with Gasteiger partial charge >= 0.3 is 5.97 Å². The molecule has 1 aliphatic carbocycles. The predicted molar refractivity (Wildman–Crippen MR) is 59.7 cm³/mol. The molecule has 0 radical (unpaired) electrons. The van der Waals surface area contributed by atoms with Gasteiger partial charge in [-0.05, 0) is 30.4 Å². The Bertz CT molecular complexity index is 536. The summed E-state index contributed by atoms with van der Waals surface area (Å²) in [6.07, 6.45) is 4.83. The van der Waals surface area contributed by atoms with Gasteiger partial charge in [-0.2, -0.15) is 4.37 Å². The lowest BCUT2D eigenvalue weighted by molar-refractivity contribution is -0.143. The molecule has 0 spiro atoms. The van der Waals surface area contributed by atoms with Crippen molar-refractivity contribution in [1.82, 2.24) is 4.37 Å². The van der Waals surface area contributed by atoms with Crippen LogP contribution in [-0.4, -0.2) is 15.4 Å². The number of aromatic nitrogens is 1. The monoisotopic (exact) mass is 237 g/mol. The van der Waals surface area contributed by atoms with Crippen molar-refractivity contribution in [3.8, 4) is 0 Å². The molecule has 0 aliphatic heterocycles. The van der Waals surface area contributed by atoms with Gasteiger partial charge in [-0.25, -0.2) is 0 Å². The van der Waals surface area contributed by atoms with E-state index in [9.17, 15) is 9.90 Å². The number of aliphatic carboxylic acids is 1. The molecule has 0 saturated heterocycles. The fraction of sp³-hybridized carbons (Fsp3) is 0.455. The molecule has 1 saturated carbocycles. The molecule has 2 aromatic heterocycles. The summed E-state index contributed by atoms with van der Waals surface area (Å²) in [4.78, 5) is 11.5. The van der Waals surface area contributed by atoms with Crippen molar-refractivity contribution < 1.29 is 14.3 Å². The van der Waals surface area contributed by atoms with Crippen LogP contribution in [0.5, 0.6) is 0 Å². The number of hydrogen-bond acceptors (Lipinski definition) is 4. The van der Waals surface area contributed by atoms with Gasteiger partial charge in [0.05, 0.1) is 11.0 Å². The Labute approximate surface area is 96.0 Å². The molecule has 5 heteroatoms. The molecule has 2 aromatic rings. The Balaban J connectivity index is 2.21. The van der Waals surface area contributed by atoms with Gasteiger partial charge in [0.2, 0.25) is 0 Å². The second-order valence-electron chi connectivity index (χ2n) is 4.24. The first-order chi connectivity index (χ1) is 7.74. The van der Waals surface area contributed by atoms with Gasteiger partial charge in [-0.15, -0.1) is 0 Å². The van der Waals surface area contributed by atoms with E-state index in [0.29, 0.717) is 24.1 Å². The van der Waals surface area contributed by atoms with Gasteiger partial charge in [-0.1, -0.05) is 12.8 Å². The van der Waals surface area contributed by atoms with Gasteiger partial charge in [0.1, 0.15) is 11.1 Å². The van der Waals surface area contributed by atoms with Gasteiger partial charge in [0.15, 0.2) is 5.58 Å². The number of carboxylic acids is 1. The molecule has 0 amide bonds. The highest BCUT2D eigenvalue weighted by Gasteiger charge is 2.46. The molecule has 1 aliphatic rings. The molecule has 2 heterocycles. The van der Waals surface area contributed by atoms with E-state index < -0.39 is 11.4 Å². The van der Waals surface area contributed by atoms with Gasteiger partial charge < -0.3 is 9.52 Å². The van der Waals surface area contributed by atoms with Crippen molar-refractivity contribution in [2.24, 2.45) is 0 Å². The van der Waals surface area contributed by atoms with Crippen LogP contribution in [0.4, 0.5) is 0 Å². The zero-order valence-electron chi connectivity index (χ0n) is 8.60. The van der Waals surface area contributed by atoms with E-state index >= 15 is 0 Å². The summed E-state index contributed by atoms with van der Waals surface area (Å²) >= 11 is 1.32. The predicted octanol–water partition coefficient (Wildman–Crippen LogP) is 2.79. The average Bonchev–Trinajstić information content (AvgIpc) is 2.93. The Kier molecular flexibility index (Phi) is 2.04. The van der Waals surface area contributed by atoms with E-state index in [0.717, 1.165) is 17.5 Å². The summed E-state index contributed by atoms with van der Waals surface area (Å²) in [5.41, 5.74) is 0.479. The van der Waals surface area contributed by atoms with Crippen molar-refractivity contribution in [3.63, 3.8) is 0 Å². The molecule has 84 valence electrons. The van der Waals surface area contributed by atoms with Crippen molar-refractivity contribution in [3.05, 3.63) is 18.0 Å². The number of rotatable bonds is 2. The normalized spacial score (nSPS) is 19.2. The van der Waals surface area contributed by atoms with Crippen LogP contribution in [0.1, 0.15) is 31.4 Å². The Morgan fingerprint density at radius 2 is 2.25 bits per heavy atom. The highest BCUT2D eigenvalue weighted by molar-refractivity contribution is 7.13. The third-order valence-electron chi connectivity index (χ3n) is 3.40. The summed E-state index contributed by atoms with van der Waals surface area (Å²) < 4.78 is 10.6. The number of hydrogen-bond donors (Lipinski definition) is 1. The summed E-state index contributed by atoms with van der Waals surface area (Å²) in [7, 11) is 0. The zero-order chi connectivity index (χ0) is 11.2. The van der Waals surface area contributed by atoms with Crippen LogP contribution in [0, 0.1) is 0 Å². The molecular formula is C11H11NO3S. The minimum atomic E-state index is -0.809. The SMILES string of the molecule is O=C(O)C1(c2nsc3ccoc23)CCCC1. The summed E-state index contributed by atoms with van der Waals surface area (Å²) in [5.74, 6) is -0.770. The van der Waals surface area contributed by atoms with E-state index in [4.69, 9.17) is 4.42 Å². The van der Waals surface area contributed by atoms with Crippen molar-refractivity contribution in [1.29, 1.82) is 0 Å². The molecule has 1 N–H and O–H groups in total. The smallest absolute Gasteiger partial charge is 0.315 e. The molecule has 1 fully saturated rings. The second-order valence-corrected chi connectivity index (χ2v) is 5.04. The van der Waals surface area contributed by atoms with Crippen LogP contribution in [0.25, 0.3) is 10.3 Å².